The Morgan fingerprint density at radius 3 is 2.43 bits per heavy atom. The molecule has 1 aliphatic rings. The lowest BCUT2D eigenvalue weighted by atomic mass is 9.95. The van der Waals surface area contributed by atoms with Crippen LogP contribution in [0.2, 0.25) is 0 Å². The van der Waals surface area contributed by atoms with E-state index in [0.29, 0.717) is 12.5 Å². The fraction of sp³-hybridized carbons (Fsp3) is 0.714. The fourth-order valence-electron chi connectivity index (χ4n) is 2.49. The Labute approximate surface area is 123 Å². The molecule has 0 saturated carbocycles. The van der Waals surface area contributed by atoms with Gasteiger partial charge in [0.15, 0.2) is 5.69 Å². The number of anilines is 2. The summed E-state index contributed by atoms with van der Waals surface area (Å²) in [5, 5.41) is 0. The molecule has 7 heteroatoms. The van der Waals surface area contributed by atoms with Gasteiger partial charge in [0.2, 0.25) is 5.95 Å². The van der Waals surface area contributed by atoms with Crippen LogP contribution in [0.1, 0.15) is 32.4 Å². The Bertz CT molecular complexity index is 501. The van der Waals surface area contributed by atoms with Crippen molar-refractivity contribution in [1.82, 2.24) is 9.97 Å². The lowest BCUT2D eigenvalue weighted by Crippen LogP contribution is -2.42. The van der Waals surface area contributed by atoms with Crippen molar-refractivity contribution in [1.29, 1.82) is 0 Å². The molecule has 1 aromatic heterocycles. The molecule has 118 valence electrons. The van der Waals surface area contributed by atoms with Gasteiger partial charge >= 0.3 is 6.18 Å². The maximum atomic E-state index is 13.0. The molecule has 0 aromatic carbocycles. The van der Waals surface area contributed by atoms with Crippen molar-refractivity contribution in [3.05, 3.63) is 11.8 Å². The molecule has 0 amide bonds. The number of piperidine rings is 1. The van der Waals surface area contributed by atoms with Gasteiger partial charge in [-0.3, -0.25) is 0 Å². The molecule has 1 aliphatic heterocycles. The van der Waals surface area contributed by atoms with E-state index in [2.05, 4.69) is 16.9 Å². The molecule has 2 heterocycles. The van der Waals surface area contributed by atoms with Crippen molar-refractivity contribution in [3.63, 3.8) is 0 Å². The average Bonchev–Trinajstić information content (AvgIpc) is 2.40. The average molecular weight is 302 g/mol. The third-order valence-corrected chi connectivity index (χ3v) is 3.82. The largest absolute Gasteiger partial charge is 0.433 e. The second-order valence-electron chi connectivity index (χ2n) is 5.99. The van der Waals surface area contributed by atoms with Crippen molar-refractivity contribution in [3.8, 4) is 0 Å². The first-order valence-corrected chi connectivity index (χ1v) is 7.08. The summed E-state index contributed by atoms with van der Waals surface area (Å²) in [7, 11) is 3.35. The molecule has 0 aliphatic carbocycles. The summed E-state index contributed by atoms with van der Waals surface area (Å²) in [6.45, 7) is 4.79. The lowest BCUT2D eigenvalue weighted by Gasteiger charge is -2.37. The van der Waals surface area contributed by atoms with Crippen molar-refractivity contribution < 1.29 is 13.2 Å². The predicted octanol–water partition coefficient (Wildman–Crippen LogP) is 3.19. The molecule has 2 atom stereocenters. The molecule has 4 nitrogen and oxygen atoms in total. The summed E-state index contributed by atoms with van der Waals surface area (Å²) in [6, 6.07) is 1.14. The standard InChI is InChI=1S/C14H21F3N4/c1-9-5-6-10(2)21(8-9)13-18-11(14(15,16)17)7-12(19-13)20(3)4/h7,9-10H,5-6,8H2,1-4H3. The molecule has 0 radical (unpaired) electrons. The van der Waals surface area contributed by atoms with Crippen LogP contribution in [0.25, 0.3) is 0 Å². The van der Waals surface area contributed by atoms with Gasteiger partial charge in [-0.2, -0.15) is 18.2 Å². The molecule has 1 saturated heterocycles. The van der Waals surface area contributed by atoms with Gasteiger partial charge in [-0.05, 0) is 25.7 Å². The zero-order valence-corrected chi connectivity index (χ0v) is 12.8. The van der Waals surface area contributed by atoms with Gasteiger partial charge in [0, 0.05) is 32.7 Å². The third kappa shape index (κ3) is 3.57. The molecule has 0 bridgehead atoms. The van der Waals surface area contributed by atoms with Gasteiger partial charge in [0.05, 0.1) is 0 Å². The first-order chi connectivity index (χ1) is 9.68. The topological polar surface area (TPSA) is 32.3 Å². The molecule has 2 rings (SSSR count). The lowest BCUT2D eigenvalue weighted by molar-refractivity contribution is -0.141. The predicted molar refractivity (Wildman–Crippen MR) is 76.6 cm³/mol. The van der Waals surface area contributed by atoms with Gasteiger partial charge in [-0.1, -0.05) is 6.92 Å². The van der Waals surface area contributed by atoms with E-state index in [1.54, 1.807) is 19.0 Å². The highest BCUT2D eigenvalue weighted by molar-refractivity contribution is 5.46. The quantitative estimate of drug-likeness (QED) is 0.840. The Morgan fingerprint density at radius 2 is 1.86 bits per heavy atom. The highest BCUT2D eigenvalue weighted by atomic mass is 19.4. The minimum absolute atomic E-state index is 0.152. The molecule has 1 fully saturated rings. The monoisotopic (exact) mass is 302 g/mol. The van der Waals surface area contributed by atoms with Gasteiger partial charge in [0.1, 0.15) is 5.82 Å². The number of hydrogen-bond donors (Lipinski definition) is 0. The number of aromatic nitrogens is 2. The Hall–Kier alpha value is -1.53. The van der Waals surface area contributed by atoms with Crippen LogP contribution >= 0.6 is 0 Å². The van der Waals surface area contributed by atoms with Crippen LogP contribution in [-0.2, 0) is 6.18 Å². The van der Waals surface area contributed by atoms with E-state index < -0.39 is 11.9 Å². The van der Waals surface area contributed by atoms with Gasteiger partial charge in [-0.25, -0.2) is 4.98 Å². The zero-order valence-electron chi connectivity index (χ0n) is 12.8. The van der Waals surface area contributed by atoms with E-state index in [9.17, 15) is 13.2 Å². The third-order valence-electron chi connectivity index (χ3n) is 3.82. The minimum atomic E-state index is -4.47. The first-order valence-electron chi connectivity index (χ1n) is 7.08. The highest BCUT2D eigenvalue weighted by Crippen LogP contribution is 2.32. The Balaban J connectivity index is 2.44. The fourth-order valence-corrected chi connectivity index (χ4v) is 2.49. The van der Waals surface area contributed by atoms with Crippen molar-refractivity contribution in [2.75, 3.05) is 30.4 Å². The van der Waals surface area contributed by atoms with Crippen LogP contribution in [0, 0.1) is 5.92 Å². The van der Waals surface area contributed by atoms with E-state index in [1.807, 2.05) is 11.8 Å². The smallest absolute Gasteiger partial charge is 0.363 e. The Morgan fingerprint density at radius 1 is 1.19 bits per heavy atom. The Kier molecular flexibility index (Phi) is 4.30. The van der Waals surface area contributed by atoms with E-state index in [-0.39, 0.29) is 17.8 Å². The molecular weight excluding hydrogens is 281 g/mol. The van der Waals surface area contributed by atoms with Crippen LogP contribution in [0.4, 0.5) is 24.9 Å². The van der Waals surface area contributed by atoms with Gasteiger partial charge in [-0.15, -0.1) is 0 Å². The van der Waals surface area contributed by atoms with Gasteiger partial charge in [0.25, 0.3) is 0 Å². The SMILES string of the molecule is CC1CCC(C)N(c2nc(N(C)C)cc(C(F)(F)F)n2)C1. The van der Waals surface area contributed by atoms with Crippen molar-refractivity contribution >= 4 is 11.8 Å². The van der Waals surface area contributed by atoms with E-state index >= 15 is 0 Å². The molecule has 2 unspecified atom stereocenters. The summed E-state index contributed by atoms with van der Waals surface area (Å²) < 4.78 is 39.1. The number of hydrogen-bond acceptors (Lipinski definition) is 4. The van der Waals surface area contributed by atoms with E-state index in [1.165, 1.54) is 0 Å². The first kappa shape index (κ1) is 15.9. The van der Waals surface area contributed by atoms with Crippen LogP contribution < -0.4 is 9.80 Å². The summed E-state index contributed by atoms with van der Waals surface area (Å²) in [6.07, 6.45) is -2.44. The summed E-state index contributed by atoms with van der Waals surface area (Å²) >= 11 is 0. The molecule has 1 aromatic rings. The zero-order chi connectivity index (χ0) is 15.8. The second kappa shape index (κ2) is 5.69. The minimum Gasteiger partial charge on any atom is -0.363 e. The van der Waals surface area contributed by atoms with Crippen molar-refractivity contribution in [2.24, 2.45) is 5.92 Å². The highest BCUT2D eigenvalue weighted by Gasteiger charge is 2.35. The number of nitrogens with zero attached hydrogens (tertiary/aromatic N) is 4. The second-order valence-corrected chi connectivity index (χ2v) is 5.99. The maximum absolute atomic E-state index is 13.0. The van der Waals surface area contributed by atoms with Crippen LogP contribution in [-0.4, -0.2) is 36.6 Å². The van der Waals surface area contributed by atoms with Gasteiger partial charge < -0.3 is 9.80 Å². The summed E-state index contributed by atoms with van der Waals surface area (Å²) in [4.78, 5) is 11.5. The van der Waals surface area contributed by atoms with E-state index in [0.717, 1.165) is 18.9 Å². The molecule has 0 N–H and O–H groups in total. The van der Waals surface area contributed by atoms with E-state index in [4.69, 9.17) is 0 Å². The summed E-state index contributed by atoms with van der Waals surface area (Å²) in [5.41, 5.74) is -0.887. The molecular formula is C14H21F3N4. The van der Waals surface area contributed by atoms with Crippen LogP contribution in [0.15, 0.2) is 6.07 Å². The molecule has 0 spiro atoms. The normalized spacial score (nSPS) is 23.3. The van der Waals surface area contributed by atoms with Crippen LogP contribution in [0.3, 0.4) is 0 Å². The van der Waals surface area contributed by atoms with Crippen molar-refractivity contribution in [2.45, 2.75) is 38.9 Å². The number of alkyl halides is 3. The van der Waals surface area contributed by atoms with Crippen LogP contribution in [0.5, 0.6) is 0 Å². The molecule has 21 heavy (non-hydrogen) atoms. The maximum Gasteiger partial charge on any atom is 0.433 e. The number of rotatable bonds is 2. The number of halogens is 3. The summed E-state index contributed by atoms with van der Waals surface area (Å²) in [5.74, 6) is 0.882.